The van der Waals surface area contributed by atoms with Crippen LogP contribution in [0.15, 0.2) is 51.9 Å². The summed E-state index contributed by atoms with van der Waals surface area (Å²) in [6.07, 6.45) is 3.34. The third-order valence-corrected chi connectivity index (χ3v) is 5.03. The van der Waals surface area contributed by atoms with Crippen molar-refractivity contribution >= 4 is 11.6 Å². The van der Waals surface area contributed by atoms with Crippen LogP contribution in [0.25, 0.3) is 0 Å². The zero-order valence-corrected chi connectivity index (χ0v) is 15.8. The number of carbonyl (C=O) groups excluding carboxylic acids is 1. The van der Waals surface area contributed by atoms with Crippen LogP contribution in [0.1, 0.15) is 18.6 Å². The topological polar surface area (TPSA) is 75.0 Å². The van der Waals surface area contributed by atoms with Gasteiger partial charge in [0, 0.05) is 44.0 Å². The van der Waals surface area contributed by atoms with Gasteiger partial charge in [0.1, 0.15) is 12.0 Å². The second-order valence-electron chi connectivity index (χ2n) is 7.30. The Morgan fingerprint density at radius 2 is 1.89 bits per heavy atom. The molecule has 148 valence electrons. The van der Waals surface area contributed by atoms with Crippen molar-refractivity contribution in [2.24, 2.45) is 0 Å². The van der Waals surface area contributed by atoms with E-state index in [0.717, 1.165) is 39.0 Å². The van der Waals surface area contributed by atoms with Crippen LogP contribution in [0.2, 0.25) is 0 Å². The number of carbonyl (C=O) groups is 1. The van der Waals surface area contributed by atoms with E-state index in [1.54, 1.807) is 0 Å². The minimum Gasteiger partial charge on any atom is -0.477 e. The lowest BCUT2D eigenvalue weighted by Crippen LogP contribution is -2.46. The molecule has 0 atom stereocenters. The van der Waals surface area contributed by atoms with Gasteiger partial charge in [-0.25, -0.2) is 0 Å². The summed E-state index contributed by atoms with van der Waals surface area (Å²) in [6, 6.07) is 12.1. The normalized spacial score (nSPS) is 17.4. The number of para-hydroxylation sites is 1. The van der Waals surface area contributed by atoms with Crippen molar-refractivity contribution in [1.29, 1.82) is 0 Å². The molecule has 0 unspecified atom stereocenters. The molecule has 1 aliphatic heterocycles. The molecule has 1 aromatic carbocycles. The summed E-state index contributed by atoms with van der Waals surface area (Å²) in [5, 5.41) is 2.82. The van der Waals surface area contributed by atoms with Gasteiger partial charge in [0.15, 0.2) is 6.61 Å². The second kappa shape index (κ2) is 8.48. The molecule has 2 aliphatic rings. The van der Waals surface area contributed by atoms with Crippen molar-refractivity contribution in [2.75, 3.05) is 37.7 Å². The molecule has 7 nitrogen and oxygen atoms in total. The van der Waals surface area contributed by atoms with Crippen LogP contribution < -0.4 is 20.4 Å². The van der Waals surface area contributed by atoms with Crippen LogP contribution in [-0.4, -0.2) is 49.6 Å². The monoisotopic (exact) mass is 383 g/mol. The molecule has 0 bridgehead atoms. The lowest BCUT2D eigenvalue weighted by Gasteiger charge is -2.35. The predicted molar refractivity (Wildman–Crippen MR) is 106 cm³/mol. The van der Waals surface area contributed by atoms with Gasteiger partial charge >= 0.3 is 0 Å². The van der Waals surface area contributed by atoms with Gasteiger partial charge in [0.05, 0.1) is 6.54 Å². The van der Waals surface area contributed by atoms with Crippen LogP contribution in [0, 0.1) is 0 Å². The number of rotatable bonds is 7. The number of nitrogens with zero attached hydrogens (tertiary/aromatic N) is 2. The highest BCUT2D eigenvalue weighted by molar-refractivity contribution is 5.78. The number of nitrogens with one attached hydrogen (secondary N) is 1. The van der Waals surface area contributed by atoms with E-state index in [9.17, 15) is 9.59 Å². The summed E-state index contributed by atoms with van der Waals surface area (Å²) in [6.45, 7) is 4.09. The molecule has 4 rings (SSSR count). The Bertz CT molecular complexity index is 855. The molecule has 7 heteroatoms. The van der Waals surface area contributed by atoms with Crippen LogP contribution in [-0.2, 0) is 11.3 Å². The Labute approximate surface area is 163 Å². The van der Waals surface area contributed by atoms with Crippen molar-refractivity contribution in [3.63, 3.8) is 0 Å². The first-order chi connectivity index (χ1) is 13.7. The number of hydrogen-bond acceptors (Lipinski definition) is 6. The summed E-state index contributed by atoms with van der Waals surface area (Å²) in [5.74, 6) is 0.471. The molecule has 2 fully saturated rings. The molecular weight excluding hydrogens is 358 g/mol. The molecular formula is C21H25N3O4. The van der Waals surface area contributed by atoms with Crippen molar-refractivity contribution in [2.45, 2.75) is 25.4 Å². The van der Waals surface area contributed by atoms with Gasteiger partial charge in [-0.1, -0.05) is 18.2 Å². The maximum Gasteiger partial charge on any atom is 0.258 e. The number of benzene rings is 1. The first-order valence-corrected chi connectivity index (χ1v) is 9.73. The summed E-state index contributed by atoms with van der Waals surface area (Å²) < 4.78 is 10.9. The molecule has 28 heavy (non-hydrogen) atoms. The Hall–Kier alpha value is -2.80. The third-order valence-electron chi connectivity index (χ3n) is 5.03. The molecule has 1 saturated carbocycles. The highest BCUT2D eigenvalue weighted by Gasteiger charge is 2.23. The van der Waals surface area contributed by atoms with Crippen LogP contribution in [0.4, 0.5) is 5.69 Å². The fourth-order valence-corrected chi connectivity index (χ4v) is 3.29. The maximum absolute atomic E-state index is 12.2. The van der Waals surface area contributed by atoms with E-state index in [1.807, 2.05) is 6.07 Å². The molecule has 0 spiro atoms. The Kier molecular flexibility index (Phi) is 5.62. The van der Waals surface area contributed by atoms with Gasteiger partial charge in [-0.15, -0.1) is 0 Å². The largest absolute Gasteiger partial charge is 0.477 e. The quantitative estimate of drug-likeness (QED) is 0.783. The SMILES string of the molecule is O=C(COc1coc(CN2CCN(c3ccccc3)CC2)cc1=O)NC1CC1. The Morgan fingerprint density at radius 1 is 1.14 bits per heavy atom. The zero-order chi connectivity index (χ0) is 19.3. The number of ether oxygens (including phenoxy) is 1. The van der Waals surface area contributed by atoms with E-state index in [1.165, 1.54) is 18.0 Å². The smallest absolute Gasteiger partial charge is 0.258 e. The third kappa shape index (κ3) is 4.92. The van der Waals surface area contributed by atoms with E-state index in [4.69, 9.17) is 9.15 Å². The molecule has 2 aromatic rings. The molecule has 1 amide bonds. The molecule has 1 N–H and O–H groups in total. The van der Waals surface area contributed by atoms with Crippen molar-refractivity contribution in [3.8, 4) is 5.75 Å². The summed E-state index contributed by atoms with van der Waals surface area (Å²) in [5.41, 5.74) is 0.976. The minimum absolute atomic E-state index is 0.0728. The molecule has 1 aliphatic carbocycles. The van der Waals surface area contributed by atoms with Gasteiger partial charge in [0.25, 0.3) is 5.91 Å². The van der Waals surface area contributed by atoms with Crippen molar-refractivity contribution < 1.29 is 13.9 Å². The highest BCUT2D eigenvalue weighted by Crippen LogP contribution is 2.19. The van der Waals surface area contributed by atoms with E-state index in [0.29, 0.717) is 12.3 Å². The van der Waals surface area contributed by atoms with Crippen LogP contribution in [0.3, 0.4) is 0 Å². The van der Waals surface area contributed by atoms with Gasteiger partial charge in [-0.3, -0.25) is 14.5 Å². The van der Waals surface area contributed by atoms with E-state index in [-0.39, 0.29) is 29.7 Å². The van der Waals surface area contributed by atoms with Gasteiger partial charge in [-0.05, 0) is 25.0 Å². The maximum atomic E-state index is 12.2. The van der Waals surface area contributed by atoms with E-state index in [2.05, 4.69) is 39.4 Å². The Morgan fingerprint density at radius 3 is 2.57 bits per heavy atom. The standard InChI is InChI=1S/C21H25N3O4/c25-19-12-18(27-14-20(19)28-15-21(26)22-16-6-7-16)13-23-8-10-24(11-9-23)17-4-2-1-3-5-17/h1-5,12,14,16H,6-11,13,15H2,(H,22,26). The molecule has 2 heterocycles. The molecule has 0 radical (unpaired) electrons. The summed E-state index contributed by atoms with van der Waals surface area (Å²) in [7, 11) is 0. The fourth-order valence-electron chi connectivity index (χ4n) is 3.29. The van der Waals surface area contributed by atoms with Gasteiger partial charge in [-0.2, -0.15) is 0 Å². The second-order valence-corrected chi connectivity index (χ2v) is 7.30. The molecule has 1 aromatic heterocycles. The average Bonchev–Trinajstić information content (AvgIpc) is 3.52. The lowest BCUT2D eigenvalue weighted by atomic mass is 10.2. The summed E-state index contributed by atoms with van der Waals surface area (Å²) in [4.78, 5) is 28.5. The minimum atomic E-state index is -0.261. The van der Waals surface area contributed by atoms with E-state index < -0.39 is 0 Å². The predicted octanol–water partition coefficient (Wildman–Crippen LogP) is 1.62. The van der Waals surface area contributed by atoms with E-state index >= 15 is 0 Å². The zero-order valence-electron chi connectivity index (χ0n) is 15.8. The number of piperazine rings is 1. The lowest BCUT2D eigenvalue weighted by molar-refractivity contribution is -0.123. The number of hydrogen-bond donors (Lipinski definition) is 1. The van der Waals surface area contributed by atoms with Crippen LogP contribution >= 0.6 is 0 Å². The molecule has 1 saturated heterocycles. The van der Waals surface area contributed by atoms with Crippen molar-refractivity contribution in [1.82, 2.24) is 10.2 Å². The van der Waals surface area contributed by atoms with Crippen molar-refractivity contribution in [3.05, 3.63) is 58.6 Å². The number of anilines is 1. The highest BCUT2D eigenvalue weighted by atomic mass is 16.5. The van der Waals surface area contributed by atoms with Gasteiger partial charge < -0.3 is 19.4 Å². The van der Waals surface area contributed by atoms with Crippen LogP contribution in [0.5, 0.6) is 5.75 Å². The number of amides is 1. The first kappa shape index (κ1) is 18.6. The Balaban J connectivity index is 1.26. The average molecular weight is 383 g/mol. The summed E-state index contributed by atoms with van der Waals surface area (Å²) >= 11 is 0. The van der Waals surface area contributed by atoms with Gasteiger partial charge in [0.2, 0.25) is 11.2 Å². The fraction of sp³-hybridized carbons (Fsp3) is 0.429. The first-order valence-electron chi connectivity index (χ1n) is 9.73.